The van der Waals surface area contributed by atoms with Crippen molar-refractivity contribution in [2.24, 2.45) is 5.10 Å². The number of hydrogen-bond donors (Lipinski definition) is 0. The van der Waals surface area contributed by atoms with Crippen LogP contribution >= 0.6 is 0 Å². The molecule has 0 saturated carbocycles. The van der Waals surface area contributed by atoms with Crippen LogP contribution in [0.1, 0.15) is 38.8 Å². The summed E-state index contributed by atoms with van der Waals surface area (Å²) in [6.07, 6.45) is 1.91. The second kappa shape index (κ2) is 6.08. The lowest BCUT2D eigenvalue weighted by Crippen LogP contribution is -2.21. The highest BCUT2D eigenvalue weighted by Crippen LogP contribution is 2.26. The second-order valence-corrected chi connectivity index (χ2v) is 7.07. The third-order valence-corrected chi connectivity index (χ3v) is 4.15. The SMILES string of the molecule is CC1=NN(c2ccccc2)C(=O)/C1=C/c1ccc(C(C)(C)C)cc1. The Morgan fingerprint density at radius 2 is 1.58 bits per heavy atom. The van der Waals surface area contributed by atoms with Crippen LogP contribution in [0.3, 0.4) is 0 Å². The summed E-state index contributed by atoms with van der Waals surface area (Å²) in [5.74, 6) is -0.0846. The van der Waals surface area contributed by atoms with E-state index in [1.165, 1.54) is 10.6 Å². The lowest BCUT2D eigenvalue weighted by atomic mass is 9.86. The van der Waals surface area contributed by atoms with Gasteiger partial charge in [0, 0.05) is 0 Å². The van der Waals surface area contributed by atoms with Crippen LogP contribution in [-0.4, -0.2) is 11.6 Å². The molecule has 1 heterocycles. The van der Waals surface area contributed by atoms with Gasteiger partial charge in [-0.2, -0.15) is 10.1 Å². The van der Waals surface area contributed by atoms with Gasteiger partial charge in [0.2, 0.25) is 0 Å². The van der Waals surface area contributed by atoms with E-state index in [1.54, 1.807) is 0 Å². The maximum atomic E-state index is 12.7. The predicted molar refractivity (Wildman–Crippen MR) is 100 cm³/mol. The van der Waals surface area contributed by atoms with Crippen LogP contribution in [0.4, 0.5) is 5.69 Å². The molecule has 0 fully saturated rings. The van der Waals surface area contributed by atoms with Crippen molar-refractivity contribution >= 4 is 23.4 Å². The lowest BCUT2D eigenvalue weighted by Gasteiger charge is -2.18. The van der Waals surface area contributed by atoms with Gasteiger partial charge in [-0.3, -0.25) is 4.79 Å². The number of anilines is 1. The fourth-order valence-electron chi connectivity index (χ4n) is 2.67. The van der Waals surface area contributed by atoms with Crippen molar-refractivity contribution in [3.63, 3.8) is 0 Å². The third-order valence-electron chi connectivity index (χ3n) is 4.15. The maximum absolute atomic E-state index is 12.7. The highest BCUT2D eigenvalue weighted by atomic mass is 16.2. The molecule has 0 aromatic heterocycles. The predicted octanol–water partition coefficient (Wildman–Crippen LogP) is 4.79. The van der Waals surface area contributed by atoms with E-state index in [9.17, 15) is 4.79 Å². The number of benzene rings is 2. The van der Waals surface area contributed by atoms with Gasteiger partial charge < -0.3 is 0 Å². The van der Waals surface area contributed by atoms with Crippen LogP contribution in [0.2, 0.25) is 0 Å². The van der Waals surface area contributed by atoms with Gasteiger partial charge in [0.05, 0.1) is 17.0 Å². The molecular formula is C21H22N2O. The zero-order chi connectivity index (χ0) is 17.3. The zero-order valence-corrected chi connectivity index (χ0v) is 14.6. The first-order valence-electron chi connectivity index (χ1n) is 8.13. The molecule has 1 aliphatic heterocycles. The summed E-state index contributed by atoms with van der Waals surface area (Å²) < 4.78 is 0. The Kier molecular flexibility index (Phi) is 4.10. The number of carbonyl (C=O) groups is 1. The van der Waals surface area contributed by atoms with Crippen LogP contribution in [-0.2, 0) is 10.2 Å². The molecule has 0 radical (unpaired) electrons. The number of rotatable bonds is 2. The largest absolute Gasteiger partial charge is 0.280 e. The van der Waals surface area contributed by atoms with Gasteiger partial charge in [-0.15, -0.1) is 0 Å². The zero-order valence-electron chi connectivity index (χ0n) is 14.6. The Morgan fingerprint density at radius 1 is 0.958 bits per heavy atom. The van der Waals surface area contributed by atoms with Gasteiger partial charge in [0.15, 0.2) is 0 Å². The van der Waals surface area contributed by atoms with Crippen LogP contribution in [0.5, 0.6) is 0 Å². The highest BCUT2D eigenvalue weighted by Gasteiger charge is 2.28. The van der Waals surface area contributed by atoms with E-state index in [4.69, 9.17) is 0 Å². The van der Waals surface area contributed by atoms with Crippen molar-refractivity contribution in [1.29, 1.82) is 0 Å². The molecule has 2 aromatic rings. The fraction of sp³-hybridized carbons (Fsp3) is 0.238. The third kappa shape index (κ3) is 3.16. The normalized spacial score (nSPS) is 16.7. The average Bonchev–Trinajstić information content (AvgIpc) is 2.83. The number of hydrazone groups is 1. The van der Waals surface area contributed by atoms with Crippen molar-refractivity contribution in [1.82, 2.24) is 0 Å². The van der Waals surface area contributed by atoms with Gasteiger partial charge in [-0.1, -0.05) is 63.2 Å². The average molecular weight is 318 g/mol. The van der Waals surface area contributed by atoms with Gasteiger partial charge in [0.1, 0.15) is 0 Å². The Balaban J connectivity index is 1.89. The van der Waals surface area contributed by atoms with Crippen molar-refractivity contribution in [2.75, 3.05) is 5.01 Å². The monoisotopic (exact) mass is 318 g/mol. The molecule has 0 spiro atoms. The molecule has 0 bridgehead atoms. The Bertz CT molecular complexity index is 809. The van der Waals surface area contributed by atoms with Crippen LogP contribution in [0, 0.1) is 0 Å². The molecule has 122 valence electrons. The molecule has 1 aliphatic rings. The Hall–Kier alpha value is -2.68. The minimum atomic E-state index is -0.0846. The van der Waals surface area contributed by atoms with E-state index < -0.39 is 0 Å². The van der Waals surface area contributed by atoms with Crippen molar-refractivity contribution < 1.29 is 4.79 Å². The first-order chi connectivity index (χ1) is 11.4. The van der Waals surface area contributed by atoms with E-state index in [1.807, 2.05) is 43.3 Å². The summed E-state index contributed by atoms with van der Waals surface area (Å²) >= 11 is 0. The van der Waals surface area contributed by atoms with E-state index in [0.717, 1.165) is 17.0 Å². The minimum absolute atomic E-state index is 0.0846. The molecular weight excluding hydrogens is 296 g/mol. The molecule has 24 heavy (non-hydrogen) atoms. The molecule has 0 atom stereocenters. The summed E-state index contributed by atoms with van der Waals surface area (Å²) in [5, 5.41) is 5.87. The number of para-hydroxylation sites is 1. The van der Waals surface area contributed by atoms with Gasteiger partial charge in [-0.05, 0) is 41.7 Å². The topological polar surface area (TPSA) is 32.7 Å². The molecule has 0 aliphatic carbocycles. The molecule has 3 nitrogen and oxygen atoms in total. The van der Waals surface area contributed by atoms with Gasteiger partial charge in [0.25, 0.3) is 5.91 Å². The molecule has 0 N–H and O–H groups in total. The second-order valence-electron chi connectivity index (χ2n) is 7.07. The molecule has 0 unspecified atom stereocenters. The van der Waals surface area contributed by atoms with Crippen molar-refractivity contribution in [3.05, 3.63) is 71.3 Å². The standard InChI is InChI=1S/C21H22N2O/c1-15-19(14-16-10-12-17(13-11-16)21(2,3)4)20(24)23(22-15)18-8-6-5-7-9-18/h5-14H,1-4H3/b19-14+. The van der Waals surface area contributed by atoms with E-state index in [-0.39, 0.29) is 11.3 Å². The van der Waals surface area contributed by atoms with E-state index in [2.05, 4.69) is 50.1 Å². The molecule has 0 saturated heterocycles. The molecule has 3 heteroatoms. The number of hydrogen-bond acceptors (Lipinski definition) is 2. The van der Waals surface area contributed by atoms with Crippen molar-refractivity contribution in [2.45, 2.75) is 33.1 Å². The smallest absolute Gasteiger partial charge is 0.267 e. The maximum Gasteiger partial charge on any atom is 0.280 e. The first kappa shape index (κ1) is 16.2. The first-order valence-corrected chi connectivity index (χ1v) is 8.13. The summed E-state index contributed by atoms with van der Waals surface area (Å²) in [4.78, 5) is 12.7. The van der Waals surface area contributed by atoms with Crippen LogP contribution in [0.15, 0.2) is 65.3 Å². The summed E-state index contributed by atoms with van der Waals surface area (Å²) in [6, 6.07) is 17.8. The minimum Gasteiger partial charge on any atom is -0.267 e. The number of carbonyl (C=O) groups excluding carboxylic acids is 1. The summed E-state index contributed by atoms with van der Waals surface area (Å²) in [7, 11) is 0. The molecule has 1 amide bonds. The highest BCUT2D eigenvalue weighted by molar-refractivity contribution is 6.32. The van der Waals surface area contributed by atoms with Crippen molar-refractivity contribution in [3.8, 4) is 0 Å². The quantitative estimate of drug-likeness (QED) is 0.733. The Morgan fingerprint density at radius 3 is 2.17 bits per heavy atom. The Labute approximate surface area is 143 Å². The van der Waals surface area contributed by atoms with Crippen LogP contribution < -0.4 is 5.01 Å². The number of amides is 1. The summed E-state index contributed by atoms with van der Waals surface area (Å²) in [5.41, 5.74) is 4.57. The lowest BCUT2D eigenvalue weighted by molar-refractivity contribution is -0.114. The van der Waals surface area contributed by atoms with Crippen LogP contribution in [0.25, 0.3) is 6.08 Å². The fourth-order valence-corrected chi connectivity index (χ4v) is 2.67. The van der Waals surface area contributed by atoms with Gasteiger partial charge >= 0.3 is 0 Å². The molecule has 3 rings (SSSR count). The molecule has 2 aromatic carbocycles. The van der Waals surface area contributed by atoms with Gasteiger partial charge in [-0.25, -0.2) is 0 Å². The summed E-state index contributed by atoms with van der Waals surface area (Å²) in [6.45, 7) is 8.44. The van der Waals surface area contributed by atoms with E-state index in [0.29, 0.717) is 5.57 Å². The number of nitrogens with zero attached hydrogens (tertiary/aromatic N) is 2. The van der Waals surface area contributed by atoms with E-state index >= 15 is 0 Å².